The molecule has 0 aliphatic carbocycles. The summed E-state index contributed by atoms with van der Waals surface area (Å²) in [6, 6.07) is 3.25. The number of hydrogen-bond donors (Lipinski definition) is 1. The molecule has 0 aromatic carbocycles. The van der Waals surface area contributed by atoms with E-state index in [0.29, 0.717) is 9.21 Å². The summed E-state index contributed by atoms with van der Waals surface area (Å²) in [6.45, 7) is 3.06. The van der Waals surface area contributed by atoms with Gasteiger partial charge in [-0.2, -0.15) is 0 Å². The predicted octanol–water partition coefficient (Wildman–Crippen LogP) is 3.09. The summed E-state index contributed by atoms with van der Waals surface area (Å²) in [6.07, 6.45) is -0.0147. The van der Waals surface area contributed by atoms with Crippen molar-refractivity contribution in [3.8, 4) is 0 Å². The first-order valence-electron chi connectivity index (χ1n) is 4.35. The Morgan fingerprint density at radius 1 is 1.47 bits per heavy atom. The molecule has 0 aliphatic rings. The van der Waals surface area contributed by atoms with E-state index in [2.05, 4.69) is 0 Å². The number of Topliss-reactive ketones (excluding diaryl/α,β-unsaturated/α-hetero) is 1. The van der Waals surface area contributed by atoms with E-state index < -0.39 is 11.4 Å². The molecule has 82 valence electrons. The minimum Gasteiger partial charge on any atom is -0.481 e. The van der Waals surface area contributed by atoms with Crippen LogP contribution in [0.4, 0.5) is 0 Å². The number of carboxylic acid groups (broad SMARTS) is 1. The Morgan fingerprint density at radius 3 is 2.47 bits per heavy atom. The Hall–Kier alpha value is -0.870. The largest absolute Gasteiger partial charge is 0.481 e. The van der Waals surface area contributed by atoms with Gasteiger partial charge in [0.25, 0.3) is 0 Å². The maximum Gasteiger partial charge on any atom is 0.309 e. The van der Waals surface area contributed by atoms with Gasteiger partial charge in [-0.1, -0.05) is 11.6 Å². The van der Waals surface area contributed by atoms with Crippen LogP contribution in [0, 0.1) is 5.41 Å². The van der Waals surface area contributed by atoms with Gasteiger partial charge in [0.1, 0.15) is 0 Å². The SMILES string of the molecule is CC(C)(CC(=O)c1ccc(Cl)s1)C(=O)O. The summed E-state index contributed by atoms with van der Waals surface area (Å²) in [7, 11) is 0. The van der Waals surface area contributed by atoms with E-state index in [1.54, 1.807) is 12.1 Å². The Labute approximate surface area is 96.7 Å². The van der Waals surface area contributed by atoms with Crippen molar-refractivity contribution < 1.29 is 14.7 Å². The Balaban J connectivity index is 2.76. The molecule has 0 saturated carbocycles. The highest BCUT2D eigenvalue weighted by molar-refractivity contribution is 7.18. The Morgan fingerprint density at radius 2 is 2.07 bits per heavy atom. The van der Waals surface area contributed by atoms with Crippen LogP contribution < -0.4 is 0 Å². The van der Waals surface area contributed by atoms with Crippen molar-refractivity contribution in [2.75, 3.05) is 0 Å². The highest BCUT2D eigenvalue weighted by Gasteiger charge is 2.30. The number of aliphatic carboxylic acids is 1. The van der Waals surface area contributed by atoms with Crippen LogP contribution in [0.2, 0.25) is 4.34 Å². The van der Waals surface area contributed by atoms with Gasteiger partial charge in [-0.3, -0.25) is 9.59 Å². The average molecular weight is 247 g/mol. The fourth-order valence-electron chi connectivity index (χ4n) is 1.03. The summed E-state index contributed by atoms with van der Waals surface area (Å²) >= 11 is 6.86. The smallest absolute Gasteiger partial charge is 0.309 e. The van der Waals surface area contributed by atoms with Crippen LogP contribution in [-0.4, -0.2) is 16.9 Å². The van der Waals surface area contributed by atoms with Crippen molar-refractivity contribution >= 4 is 34.7 Å². The summed E-state index contributed by atoms with van der Waals surface area (Å²) in [4.78, 5) is 23.0. The number of thiophene rings is 1. The fourth-order valence-corrected chi connectivity index (χ4v) is 2.01. The minimum absolute atomic E-state index is 0.0147. The van der Waals surface area contributed by atoms with Crippen molar-refractivity contribution in [1.29, 1.82) is 0 Å². The molecule has 0 saturated heterocycles. The molecule has 1 N–H and O–H groups in total. The van der Waals surface area contributed by atoms with E-state index in [1.807, 2.05) is 0 Å². The van der Waals surface area contributed by atoms with Gasteiger partial charge in [0.05, 0.1) is 14.6 Å². The normalized spacial score (nSPS) is 11.4. The van der Waals surface area contributed by atoms with E-state index in [4.69, 9.17) is 16.7 Å². The molecule has 1 aromatic rings. The fraction of sp³-hybridized carbons (Fsp3) is 0.400. The van der Waals surface area contributed by atoms with Crippen LogP contribution >= 0.6 is 22.9 Å². The lowest BCUT2D eigenvalue weighted by molar-refractivity contribution is -0.146. The van der Waals surface area contributed by atoms with E-state index in [-0.39, 0.29) is 12.2 Å². The summed E-state index contributed by atoms with van der Waals surface area (Å²) in [5.41, 5.74) is -1.03. The first kappa shape index (κ1) is 12.2. The number of carbonyl (C=O) groups excluding carboxylic acids is 1. The molecule has 1 heterocycles. The predicted molar refractivity (Wildman–Crippen MR) is 59.7 cm³/mol. The molecule has 0 unspecified atom stereocenters. The van der Waals surface area contributed by atoms with Crippen molar-refractivity contribution in [1.82, 2.24) is 0 Å². The summed E-state index contributed by atoms with van der Waals surface area (Å²) < 4.78 is 0.534. The quantitative estimate of drug-likeness (QED) is 0.831. The molecule has 1 rings (SSSR count). The van der Waals surface area contributed by atoms with Crippen molar-refractivity contribution in [2.45, 2.75) is 20.3 Å². The van der Waals surface area contributed by atoms with Crippen LogP contribution in [0.1, 0.15) is 29.9 Å². The van der Waals surface area contributed by atoms with Crippen LogP contribution in [0.5, 0.6) is 0 Å². The zero-order chi connectivity index (χ0) is 11.6. The second-order valence-electron chi connectivity index (χ2n) is 3.89. The van der Waals surface area contributed by atoms with Gasteiger partial charge in [0.15, 0.2) is 5.78 Å². The number of halogens is 1. The molecule has 5 heteroatoms. The second kappa shape index (κ2) is 4.33. The third kappa shape index (κ3) is 3.04. The van der Waals surface area contributed by atoms with E-state index in [1.165, 1.54) is 25.2 Å². The van der Waals surface area contributed by atoms with Gasteiger partial charge in [0, 0.05) is 6.42 Å². The van der Waals surface area contributed by atoms with Crippen LogP contribution in [0.3, 0.4) is 0 Å². The number of rotatable bonds is 4. The lowest BCUT2D eigenvalue weighted by Crippen LogP contribution is -2.26. The van der Waals surface area contributed by atoms with E-state index in [0.717, 1.165) is 0 Å². The zero-order valence-corrected chi connectivity index (χ0v) is 9.98. The van der Waals surface area contributed by atoms with Gasteiger partial charge in [-0.05, 0) is 26.0 Å². The Bertz CT molecular complexity index is 395. The molecule has 0 aliphatic heterocycles. The maximum atomic E-state index is 11.7. The van der Waals surface area contributed by atoms with Gasteiger partial charge in [-0.15, -0.1) is 11.3 Å². The molecular formula is C10H11ClO3S. The lowest BCUT2D eigenvalue weighted by Gasteiger charge is -2.16. The lowest BCUT2D eigenvalue weighted by atomic mass is 9.87. The van der Waals surface area contributed by atoms with Crippen LogP contribution in [0.25, 0.3) is 0 Å². The summed E-state index contributed by atoms with van der Waals surface area (Å²) in [5.74, 6) is -1.15. The standard InChI is InChI=1S/C10H11ClO3S/c1-10(2,9(13)14)5-6(12)7-3-4-8(11)15-7/h3-4H,5H2,1-2H3,(H,13,14). The van der Waals surface area contributed by atoms with Gasteiger partial charge >= 0.3 is 5.97 Å². The van der Waals surface area contributed by atoms with E-state index >= 15 is 0 Å². The van der Waals surface area contributed by atoms with E-state index in [9.17, 15) is 9.59 Å². The molecule has 15 heavy (non-hydrogen) atoms. The van der Waals surface area contributed by atoms with Crippen LogP contribution in [0.15, 0.2) is 12.1 Å². The van der Waals surface area contributed by atoms with Crippen molar-refractivity contribution in [3.05, 3.63) is 21.3 Å². The van der Waals surface area contributed by atoms with Gasteiger partial charge < -0.3 is 5.11 Å². The monoisotopic (exact) mass is 246 g/mol. The highest BCUT2D eigenvalue weighted by Crippen LogP contribution is 2.27. The molecule has 0 amide bonds. The summed E-state index contributed by atoms with van der Waals surface area (Å²) in [5, 5.41) is 8.87. The molecule has 0 bridgehead atoms. The maximum absolute atomic E-state index is 11.7. The highest BCUT2D eigenvalue weighted by atomic mass is 35.5. The second-order valence-corrected chi connectivity index (χ2v) is 5.61. The third-order valence-corrected chi connectivity index (χ3v) is 3.30. The first-order chi connectivity index (χ1) is 6.83. The van der Waals surface area contributed by atoms with Crippen molar-refractivity contribution in [2.24, 2.45) is 5.41 Å². The average Bonchev–Trinajstić information content (AvgIpc) is 2.50. The molecule has 0 atom stereocenters. The minimum atomic E-state index is -1.03. The number of ketones is 1. The molecule has 1 aromatic heterocycles. The molecule has 0 radical (unpaired) electrons. The number of carbonyl (C=O) groups is 2. The number of hydrogen-bond acceptors (Lipinski definition) is 3. The van der Waals surface area contributed by atoms with Gasteiger partial charge in [0.2, 0.25) is 0 Å². The number of carboxylic acids is 1. The van der Waals surface area contributed by atoms with Crippen LogP contribution in [-0.2, 0) is 4.79 Å². The topological polar surface area (TPSA) is 54.4 Å². The third-order valence-electron chi connectivity index (χ3n) is 2.03. The zero-order valence-electron chi connectivity index (χ0n) is 8.41. The molecule has 3 nitrogen and oxygen atoms in total. The molecule has 0 spiro atoms. The molecular weight excluding hydrogens is 236 g/mol. The van der Waals surface area contributed by atoms with Crippen molar-refractivity contribution in [3.63, 3.8) is 0 Å². The first-order valence-corrected chi connectivity index (χ1v) is 5.54. The molecule has 0 fully saturated rings. The van der Waals surface area contributed by atoms with Gasteiger partial charge in [-0.25, -0.2) is 0 Å². The Kier molecular flexibility index (Phi) is 3.52.